The SMILES string of the molecule is Cc1c(Sc2ccc(CC(=O)O)cc2)nc2c(-c3cnc4ccccc4c3)cnn2c1N. The molecule has 0 saturated heterocycles. The average molecular weight is 442 g/mol. The average Bonchev–Trinajstić information content (AvgIpc) is 3.22. The van der Waals surface area contributed by atoms with E-state index in [0.29, 0.717) is 11.5 Å². The molecule has 8 heteroatoms. The molecule has 0 bridgehead atoms. The van der Waals surface area contributed by atoms with Gasteiger partial charge >= 0.3 is 5.97 Å². The molecule has 3 heterocycles. The molecular formula is C24H19N5O2S. The molecule has 0 aliphatic carbocycles. The van der Waals surface area contributed by atoms with E-state index >= 15 is 0 Å². The van der Waals surface area contributed by atoms with Crippen LogP contribution in [0.2, 0.25) is 0 Å². The van der Waals surface area contributed by atoms with Gasteiger partial charge in [0.25, 0.3) is 0 Å². The van der Waals surface area contributed by atoms with Crippen molar-refractivity contribution < 1.29 is 9.90 Å². The Morgan fingerprint density at radius 1 is 1.12 bits per heavy atom. The minimum absolute atomic E-state index is 0.000109. The van der Waals surface area contributed by atoms with Crippen molar-refractivity contribution in [3.05, 3.63) is 78.1 Å². The number of carboxylic acids is 1. The van der Waals surface area contributed by atoms with E-state index in [9.17, 15) is 4.79 Å². The zero-order valence-electron chi connectivity index (χ0n) is 17.2. The molecule has 0 amide bonds. The maximum atomic E-state index is 10.9. The fourth-order valence-corrected chi connectivity index (χ4v) is 4.44. The van der Waals surface area contributed by atoms with Crippen LogP contribution in [0.15, 0.2) is 76.9 Å². The van der Waals surface area contributed by atoms with Crippen LogP contribution in [-0.2, 0) is 11.2 Å². The smallest absolute Gasteiger partial charge is 0.307 e. The fraction of sp³-hybridized carbons (Fsp3) is 0.0833. The van der Waals surface area contributed by atoms with Crippen LogP contribution in [0.1, 0.15) is 11.1 Å². The highest BCUT2D eigenvalue weighted by Crippen LogP contribution is 2.34. The number of nitrogens with zero attached hydrogens (tertiary/aromatic N) is 4. The van der Waals surface area contributed by atoms with E-state index in [1.165, 1.54) is 11.8 Å². The summed E-state index contributed by atoms with van der Waals surface area (Å²) in [7, 11) is 0. The first kappa shape index (κ1) is 20.0. The van der Waals surface area contributed by atoms with Crippen LogP contribution in [0, 0.1) is 6.92 Å². The Balaban J connectivity index is 1.55. The van der Waals surface area contributed by atoms with Crippen LogP contribution in [0.4, 0.5) is 5.82 Å². The molecule has 0 spiro atoms. The summed E-state index contributed by atoms with van der Waals surface area (Å²) in [5, 5.41) is 15.2. The molecule has 32 heavy (non-hydrogen) atoms. The first-order valence-corrected chi connectivity index (χ1v) is 10.8. The topological polar surface area (TPSA) is 106 Å². The summed E-state index contributed by atoms with van der Waals surface area (Å²) in [5.41, 5.74) is 11.4. The molecule has 3 aromatic heterocycles. The maximum Gasteiger partial charge on any atom is 0.307 e. The molecule has 0 saturated carbocycles. The summed E-state index contributed by atoms with van der Waals surface area (Å²) in [4.78, 5) is 21.3. The highest BCUT2D eigenvalue weighted by molar-refractivity contribution is 7.99. The third kappa shape index (κ3) is 3.65. The minimum atomic E-state index is -0.849. The first-order valence-electron chi connectivity index (χ1n) is 9.97. The van der Waals surface area contributed by atoms with Gasteiger partial charge in [0.2, 0.25) is 0 Å². The molecular weight excluding hydrogens is 422 g/mol. The molecule has 158 valence electrons. The van der Waals surface area contributed by atoms with Crippen LogP contribution >= 0.6 is 11.8 Å². The summed E-state index contributed by atoms with van der Waals surface area (Å²) in [6.45, 7) is 1.92. The largest absolute Gasteiger partial charge is 0.481 e. The second-order valence-electron chi connectivity index (χ2n) is 7.45. The Labute approximate surface area is 187 Å². The molecule has 7 nitrogen and oxygen atoms in total. The van der Waals surface area contributed by atoms with Crippen molar-refractivity contribution in [2.24, 2.45) is 0 Å². The summed E-state index contributed by atoms with van der Waals surface area (Å²) in [6, 6.07) is 17.5. The van der Waals surface area contributed by atoms with Gasteiger partial charge in [0.1, 0.15) is 10.8 Å². The lowest BCUT2D eigenvalue weighted by Gasteiger charge is -2.10. The Morgan fingerprint density at radius 2 is 1.91 bits per heavy atom. The Kier molecular flexibility index (Phi) is 4.99. The molecule has 2 aromatic carbocycles. The van der Waals surface area contributed by atoms with Crippen LogP contribution in [-0.4, -0.2) is 30.7 Å². The lowest BCUT2D eigenvalue weighted by atomic mass is 10.1. The number of anilines is 1. The Morgan fingerprint density at radius 3 is 2.69 bits per heavy atom. The van der Waals surface area contributed by atoms with Crippen LogP contribution in [0.5, 0.6) is 0 Å². The summed E-state index contributed by atoms with van der Waals surface area (Å²) >= 11 is 1.49. The standard InChI is InChI=1S/C24H19N5O2S/c1-14-22(25)29-23(28-24(14)32-18-8-6-15(7-9-18)10-21(30)31)19(13-27-29)17-11-16-4-2-3-5-20(16)26-12-17/h2-9,11-13H,10,25H2,1H3,(H,30,31). The van der Waals surface area contributed by atoms with Gasteiger partial charge in [-0.3, -0.25) is 9.78 Å². The van der Waals surface area contributed by atoms with E-state index in [2.05, 4.69) is 16.1 Å². The molecule has 0 atom stereocenters. The summed E-state index contributed by atoms with van der Waals surface area (Å²) in [6.07, 6.45) is 3.59. The van der Waals surface area contributed by atoms with Gasteiger partial charge in [0.05, 0.1) is 18.1 Å². The van der Waals surface area contributed by atoms with Crippen molar-refractivity contribution in [2.45, 2.75) is 23.3 Å². The number of fused-ring (bicyclic) bond motifs is 2. The molecule has 0 aliphatic rings. The van der Waals surface area contributed by atoms with Crippen molar-refractivity contribution >= 4 is 40.1 Å². The zero-order valence-corrected chi connectivity index (χ0v) is 18.0. The predicted octanol–water partition coefficient (Wildman–Crippen LogP) is 4.61. The number of rotatable bonds is 5. The van der Waals surface area contributed by atoms with Gasteiger partial charge in [-0.15, -0.1) is 0 Å². The van der Waals surface area contributed by atoms with Crippen LogP contribution < -0.4 is 5.73 Å². The summed E-state index contributed by atoms with van der Waals surface area (Å²) in [5.74, 6) is -0.322. The number of nitrogen functional groups attached to an aromatic ring is 1. The van der Waals surface area contributed by atoms with Gasteiger partial charge in [0, 0.05) is 33.2 Å². The van der Waals surface area contributed by atoms with Gasteiger partial charge in [-0.1, -0.05) is 42.1 Å². The van der Waals surface area contributed by atoms with Gasteiger partial charge in [-0.25, -0.2) is 4.98 Å². The van der Waals surface area contributed by atoms with Crippen molar-refractivity contribution in [1.82, 2.24) is 19.6 Å². The van der Waals surface area contributed by atoms with Crippen molar-refractivity contribution in [3.63, 3.8) is 0 Å². The molecule has 0 fully saturated rings. The van der Waals surface area contributed by atoms with Gasteiger partial charge < -0.3 is 10.8 Å². The van der Waals surface area contributed by atoms with E-state index in [1.807, 2.05) is 61.7 Å². The monoisotopic (exact) mass is 441 g/mol. The van der Waals surface area contributed by atoms with Gasteiger partial charge in [-0.05, 0) is 36.8 Å². The number of para-hydroxylation sites is 1. The lowest BCUT2D eigenvalue weighted by molar-refractivity contribution is -0.136. The normalized spacial score (nSPS) is 11.3. The number of benzene rings is 2. The van der Waals surface area contributed by atoms with Crippen LogP contribution in [0.3, 0.4) is 0 Å². The molecule has 0 radical (unpaired) electrons. The van der Waals surface area contributed by atoms with E-state index in [1.54, 1.807) is 10.7 Å². The fourth-order valence-electron chi connectivity index (χ4n) is 3.56. The minimum Gasteiger partial charge on any atom is -0.481 e. The van der Waals surface area contributed by atoms with Crippen molar-refractivity contribution in [2.75, 3.05) is 5.73 Å². The molecule has 0 unspecified atom stereocenters. The molecule has 5 rings (SSSR count). The zero-order chi connectivity index (χ0) is 22.2. The third-order valence-electron chi connectivity index (χ3n) is 5.28. The van der Waals surface area contributed by atoms with E-state index in [0.717, 1.165) is 43.1 Å². The Hall–Kier alpha value is -3.91. The predicted molar refractivity (Wildman–Crippen MR) is 125 cm³/mol. The summed E-state index contributed by atoms with van der Waals surface area (Å²) < 4.78 is 1.65. The number of carbonyl (C=O) groups is 1. The number of pyridine rings is 1. The molecule has 0 aliphatic heterocycles. The number of carboxylic acid groups (broad SMARTS) is 1. The van der Waals surface area contributed by atoms with E-state index < -0.39 is 5.97 Å². The van der Waals surface area contributed by atoms with Crippen molar-refractivity contribution in [3.8, 4) is 11.1 Å². The number of aromatic nitrogens is 4. The quantitative estimate of drug-likeness (QED) is 0.384. The highest BCUT2D eigenvalue weighted by Gasteiger charge is 2.16. The lowest BCUT2D eigenvalue weighted by Crippen LogP contribution is -2.05. The van der Waals surface area contributed by atoms with E-state index in [4.69, 9.17) is 15.8 Å². The van der Waals surface area contributed by atoms with Gasteiger partial charge in [0.15, 0.2) is 5.65 Å². The van der Waals surface area contributed by atoms with E-state index in [-0.39, 0.29) is 6.42 Å². The highest BCUT2D eigenvalue weighted by atomic mass is 32.2. The number of hydrogen-bond acceptors (Lipinski definition) is 6. The number of aliphatic carboxylic acids is 1. The number of hydrogen-bond donors (Lipinski definition) is 2. The first-order chi connectivity index (χ1) is 15.5. The third-order valence-corrected chi connectivity index (χ3v) is 6.38. The Bertz CT molecular complexity index is 1480. The number of nitrogens with two attached hydrogens (primary N) is 1. The maximum absolute atomic E-state index is 10.9. The molecule has 3 N–H and O–H groups in total. The van der Waals surface area contributed by atoms with Gasteiger partial charge in [-0.2, -0.15) is 9.61 Å². The second kappa shape index (κ2) is 7.97. The van der Waals surface area contributed by atoms with Crippen molar-refractivity contribution in [1.29, 1.82) is 0 Å². The second-order valence-corrected chi connectivity index (χ2v) is 8.52. The molecule has 5 aromatic rings. The van der Waals surface area contributed by atoms with Crippen LogP contribution in [0.25, 0.3) is 27.7 Å².